The van der Waals surface area contributed by atoms with Gasteiger partial charge in [0.05, 0.1) is 23.3 Å². The van der Waals surface area contributed by atoms with Crippen LogP contribution in [0.4, 0.5) is 17.1 Å². The topological polar surface area (TPSA) is 155 Å². The van der Waals surface area contributed by atoms with Crippen LogP contribution in [0.25, 0.3) is 32.7 Å². The summed E-state index contributed by atoms with van der Waals surface area (Å²) in [5.41, 5.74) is 19.8. The van der Waals surface area contributed by atoms with Gasteiger partial charge in [-0.1, -0.05) is 30.3 Å². The molecule has 2 heterocycles. The zero-order valence-corrected chi connectivity index (χ0v) is 14.1. The first-order valence-corrected chi connectivity index (χ1v) is 8.04. The van der Waals surface area contributed by atoms with Crippen molar-refractivity contribution in [3.05, 3.63) is 54.7 Å². The zero-order valence-electron chi connectivity index (χ0n) is 14.1. The molecule has 9 heteroatoms. The predicted octanol–water partition coefficient (Wildman–Crippen LogP) is 1.95. The second kappa shape index (κ2) is 6.64. The lowest BCUT2D eigenvalue weighted by molar-refractivity contribution is 0.799. The van der Waals surface area contributed by atoms with E-state index in [9.17, 15) is 0 Å². The molecular formula is C18H15N9. The Morgan fingerprint density at radius 1 is 0.556 bits per heavy atom. The van der Waals surface area contributed by atoms with Crippen molar-refractivity contribution in [2.45, 2.75) is 0 Å². The van der Waals surface area contributed by atoms with Crippen molar-refractivity contribution < 1.29 is 0 Å². The molecule has 0 radical (unpaired) electrons. The summed E-state index contributed by atoms with van der Waals surface area (Å²) in [6.07, 6.45) is 1.67. The molecule has 0 saturated heterocycles. The molecule has 0 saturated carbocycles. The van der Waals surface area contributed by atoms with Gasteiger partial charge in [0.15, 0.2) is 0 Å². The van der Waals surface area contributed by atoms with Gasteiger partial charge in [0.2, 0.25) is 0 Å². The number of benzene rings is 3. The molecule has 0 aliphatic heterocycles. The van der Waals surface area contributed by atoms with E-state index < -0.39 is 0 Å². The molecular weight excluding hydrogens is 342 g/mol. The second-order valence-corrected chi connectivity index (χ2v) is 5.77. The monoisotopic (exact) mass is 357 g/mol. The Hall–Kier alpha value is -4.14. The van der Waals surface area contributed by atoms with Gasteiger partial charge >= 0.3 is 0 Å². The van der Waals surface area contributed by atoms with Crippen molar-refractivity contribution in [1.29, 1.82) is 0 Å². The van der Waals surface area contributed by atoms with E-state index in [-0.39, 0.29) is 0 Å². The molecule has 0 atom stereocenters. The summed E-state index contributed by atoms with van der Waals surface area (Å²) in [6, 6.07) is 15.1. The summed E-state index contributed by atoms with van der Waals surface area (Å²) in [5.74, 6) is 0. The molecule has 27 heavy (non-hydrogen) atoms. The maximum absolute atomic E-state index is 5.43. The van der Waals surface area contributed by atoms with E-state index in [1.54, 1.807) is 24.4 Å². The number of hydrogen-bond donors (Lipinski definition) is 3. The fraction of sp³-hybridized carbons (Fsp3) is 0. The molecule has 9 nitrogen and oxygen atoms in total. The second-order valence-electron chi connectivity index (χ2n) is 5.77. The SMILES string of the molecule is Nc1cccc(N)c1N.c1ccc2c(c1)c1ccnnc1c1nnnnc21. The van der Waals surface area contributed by atoms with Gasteiger partial charge in [-0.2, -0.15) is 5.10 Å². The molecule has 2 aromatic heterocycles. The highest BCUT2D eigenvalue weighted by Gasteiger charge is 2.11. The van der Waals surface area contributed by atoms with Gasteiger partial charge in [-0.15, -0.1) is 15.3 Å². The summed E-state index contributed by atoms with van der Waals surface area (Å²) in [5, 5.41) is 26.4. The summed E-state index contributed by atoms with van der Waals surface area (Å²) >= 11 is 0. The largest absolute Gasteiger partial charge is 0.397 e. The minimum absolute atomic E-state index is 0.470. The summed E-state index contributed by atoms with van der Waals surface area (Å²) < 4.78 is 0. The smallest absolute Gasteiger partial charge is 0.144 e. The van der Waals surface area contributed by atoms with Gasteiger partial charge in [-0.05, 0) is 34.0 Å². The van der Waals surface area contributed by atoms with Crippen molar-refractivity contribution in [2.24, 2.45) is 0 Å². The zero-order chi connectivity index (χ0) is 18.8. The molecule has 0 fully saturated rings. The molecule has 3 aromatic carbocycles. The highest BCUT2D eigenvalue weighted by molar-refractivity contribution is 6.21. The minimum atomic E-state index is 0.470. The number of aromatic nitrogens is 6. The lowest BCUT2D eigenvalue weighted by Crippen LogP contribution is -1.98. The fourth-order valence-corrected chi connectivity index (χ4v) is 2.82. The predicted molar refractivity (Wildman–Crippen MR) is 105 cm³/mol. The van der Waals surface area contributed by atoms with Crippen LogP contribution in [0.2, 0.25) is 0 Å². The maximum atomic E-state index is 5.43. The third-order valence-corrected chi connectivity index (χ3v) is 4.14. The van der Waals surface area contributed by atoms with Crippen LogP contribution in [0.15, 0.2) is 54.7 Å². The Bertz CT molecular complexity index is 1030. The van der Waals surface area contributed by atoms with E-state index >= 15 is 0 Å². The van der Waals surface area contributed by atoms with E-state index in [1.807, 2.05) is 30.3 Å². The number of hydrogen-bond acceptors (Lipinski definition) is 9. The quantitative estimate of drug-likeness (QED) is 0.278. The van der Waals surface area contributed by atoms with Gasteiger partial charge < -0.3 is 17.2 Å². The average Bonchev–Trinajstić information content (AvgIpc) is 2.73. The molecule has 0 aliphatic rings. The minimum Gasteiger partial charge on any atom is -0.397 e. The Morgan fingerprint density at radius 2 is 1.15 bits per heavy atom. The maximum Gasteiger partial charge on any atom is 0.144 e. The Kier molecular flexibility index (Phi) is 4.01. The van der Waals surface area contributed by atoms with Crippen molar-refractivity contribution in [2.75, 3.05) is 17.2 Å². The van der Waals surface area contributed by atoms with Crippen molar-refractivity contribution in [1.82, 2.24) is 30.8 Å². The van der Waals surface area contributed by atoms with Crippen LogP contribution in [0, 0.1) is 0 Å². The van der Waals surface area contributed by atoms with Crippen LogP contribution >= 0.6 is 0 Å². The standard InChI is InChI=1S/C12H6N6.C6H9N3/c1-2-4-8-7(3-1)9-5-6-13-14-10(9)12-11(8)15-17-18-16-12;7-4-2-1-3-5(8)6(4)9/h1-6H;1-3H,7-9H2. The van der Waals surface area contributed by atoms with Gasteiger partial charge in [0.25, 0.3) is 0 Å². The molecule has 6 N–H and O–H groups in total. The van der Waals surface area contributed by atoms with Crippen LogP contribution in [0.1, 0.15) is 0 Å². The van der Waals surface area contributed by atoms with Crippen molar-refractivity contribution in [3.8, 4) is 0 Å². The number of anilines is 3. The van der Waals surface area contributed by atoms with E-state index in [1.165, 1.54) is 0 Å². The molecule has 132 valence electrons. The van der Waals surface area contributed by atoms with Gasteiger partial charge in [0, 0.05) is 10.8 Å². The van der Waals surface area contributed by atoms with Crippen molar-refractivity contribution >= 4 is 49.8 Å². The van der Waals surface area contributed by atoms with Crippen LogP contribution in [-0.2, 0) is 0 Å². The molecule has 0 bridgehead atoms. The third-order valence-electron chi connectivity index (χ3n) is 4.14. The van der Waals surface area contributed by atoms with E-state index in [0.717, 1.165) is 16.2 Å². The molecule has 0 spiro atoms. The number of fused-ring (bicyclic) bond motifs is 6. The molecule has 0 unspecified atom stereocenters. The van der Waals surface area contributed by atoms with Gasteiger partial charge in [0.1, 0.15) is 16.6 Å². The summed E-state index contributed by atoms with van der Waals surface area (Å²) in [4.78, 5) is 0. The van der Waals surface area contributed by atoms with Crippen molar-refractivity contribution in [3.63, 3.8) is 0 Å². The first-order valence-electron chi connectivity index (χ1n) is 8.04. The molecule has 5 aromatic rings. The summed E-state index contributed by atoms with van der Waals surface area (Å²) in [7, 11) is 0. The Labute approximate surface area is 153 Å². The third kappa shape index (κ3) is 2.86. The van der Waals surface area contributed by atoms with E-state index in [4.69, 9.17) is 17.2 Å². The summed E-state index contributed by atoms with van der Waals surface area (Å²) in [6.45, 7) is 0. The lowest BCUT2D eigenvalue weighted by Gasteiger charge is -2.04. The highest BCUT2D eigenvalue weighted by atomic mass is 15.4. The highest BCUT2D eigenvalue weighted by Crippen LogP contribution is 2.30. The molecule has 5 rings (SSSR count). The van der Waals surface area contributed by atoms with E-state index in [2.05, 4.69) is 30.8 Å². The number of nitrogens with two attached hydrogens (primary N) is 3. The molecule has 0 aliphatic carbocycles. The normalized spacial score (nSPS) is 10.7. The lowest BCUT2D eigenvalue weighted by atomic mass is 10.0. The number of para-hydroxylation sites is 1. The number of nitrogen functional groups attached to an aromatic ring is 3. The average molecular weight is 357 g/mol. The first-order chi connectivity index (χ1) is 13.2. The van der Waals surface area contributed by atoms with Gasteiger partial charge in [-0.3, -0.25) is 0 Å². The van der Waals surface area contributed by atoms with E-state index in [0.29, 0.717) is 33.6 Å². The Balaban J connectivity index is 0.000000170. The van der Waals surface area contributed by atoms with Crippen LogP contribution in [0.3, 0.4) is 0 Å². The Morgan fingerprint density at radius 3 is 1.85 bits per heavy atom. The first kappa shape index (κ1) is 16.3. The number of nitrogens with zero attached hydrogens (tertiary/aromatic N) is 6. The molecule has 0 amide bonds. The fourth-order valence-electron chi connectivity index (χ4n) is 2.82. The van der Waals surface area contributed by atoms with Crippen LogP contribution in [-0.4, -0.2) is 30.8 Å². The van der Waals surface area contributed by atoms with Crippen LogP contribution < -0.4 is 17.2 Å². The van der Waals surface area contributed by atoms with Crippen LogP contribution in [0.5, 0.6) is 0 Å². The number of rotatable bonds is 0. The van der Waals surface area contributed by atoms with Gasteiger partial charge in [-0.25, -0.2) is 0 Å².